The fraction of sp³-hybridized carbons (Fsp3) is 0.444. The molecule has 0 spiro atoms. The second-order valence-corrected chi connectivity index (χ2v) is 5.92. The number of rotatable bonds is 6. The van der Waals surface area contributed by atoms with Crippen LogP contribution in [0, 0.1) is 0 Å². The number of aromatic nitrogens is 2. The first-order valence-electron chi connectivity index (χ1n) is 8.69. The average molecular weight is 342 g/mol. The SMILES string of the molecule is CN=C(NCCN1CCOCC1)NCc1ccc(-n2cccn2)cc1. The van der Waals surface area contributed by atoms with Crippen LogP contribution >= 0.6 is 0 Å². The van der Waals surface area contributed by atoms with Gasteiger partial charge >= 0.3 is 0 Å². The lowest BCUT2D eigenvalue weighted by atomic mass is 10.2. The van der Waals surface area contributed by atoms with Gasteiger partial charge in [-0.1, -0.05) is 12.1 Å². The number of nitrogens with one attached hydrogen (secondary N) is 2. The zero-order valence-corrected chi connectivity index (χ0v) is 14.7. The highest BCUT2D eigenvalue weighted by Crippen LogP contribution is 2.08. The first-order chi connectivity index (χ1) is 12.3. The second-order valence-electron chi connectivity index (χ2n) is 5.92. The fourth-order valence-corrected chi connectivity index (χ4v) is 2.75. The molecule has 0 aliphatic carbocycles. The van der Waals surface area contributed by atoms with Crippen molar-refractivity contribution in [2.24, 2.45) is 4.99 Å². The van der Waals surface area contributed by atoms with Gasteiger partial charge in [0.1, 0.15) is 0 Å². The molecular weight excluding hydrogens is 316 g/mol. The standard InChI is InChI=1S/C18H26N6O/c1-19-18(20-8-10-23-11-13-25-14-12-23)21-15-16-3-5-17(6-4-16)24-9-2-7-22-24/h2-7,9H,8,10-15H2,1H3,(H2,19,20,21). The molecule has 25 heavy (non-hydrogen) atoms. The molecule has 1 aromatic heterocycles. The Labute approximate surface area is 148 Å². The van der Waals surface area contributed by atoms with Crippen molar-refractivity contribution >= 4 is 5.96 Å². The third kappa shape index (κ3) is 5.30. The molecule has 0 bridgehead atoms. The van der Waals surface area contributed by atoms with Crippen LogP contribution in [0.15, 0.2) is 47.7 Å². The highest BCUT2D eigenvalue weighted by Gasteiger charge is 2.09. The van der Waals surface area contributed by atoms with Crippen LogP contribution in [0.2, 0.25) is 0 Å². The summed E-state index contributed by atoms with van der Waals surface area (Å²) in [6.07, 6.45) is 3.72. The monoisotopic (exact) mass is 342 g/mol. The summed E-state index contributed by atoms with van der Waals surface area (Å²) in [4.78, 5) is 6.68. The Bertz CT molecular complexity index is 647. The summed E-state index contributed by atoms with van der Waals surface area (Å²) in [5, 5.41) is 10.9. The van der Waals surface area contributed by atoms with Crippen LogP contribution in [-0.4, -0.2) is 67.1 Å². The van der Waals surface area contributed by atoms with Crippen molar-refractivity contribution in [1.29, 1.82) is 0 Å². The van der Waals surface area contributed by atoms with Crippen LogP contribution in [0.4, 0.5) is 0 Å². The molecular formula is C18H26N6O. The Hall–Kier alpha value is -2.38. The van der Waals surface area contributed by atoms with Crippen molar-refractivity contribution in [3.8, 4) is 5.69 Å². The van der Waals surface area contributed by atoms with Gasteiger partial charge in [0.05, 0.1) is 18.9 Å². The third-order valence-corrected chi connectivity index (χ3v) is 4.21. The minimum atomic E-state index is 0.733. The molecule has 2 N–H and O–H groups in total. The predicted molar refractivity (Wildman–Crippen MR) is 99.0 cm³/mol. The van der Waals surface area contributed by atoms with E-state index in [9.17, 15) is 0 Å². The molecule has 7 heteroatoms. The maximum atomic E-state index is 5.36. The molecule has 0 unspecified atom stereocenters. The average Bonchev–Trinajstić information content (AvgIpc) is 3.20. The molecule has 0 atom stereocenters. The van der Waals surface area contributed by atoms with E-state index in [1.807, 2.05) is 16.9 Å². The second kappa shape index (κ2) is 9.19. The molecule has 2 aromatic rings. The Morgan fingerprint density at radius 3 is 2.68 bits per heavy atom. The zero-order valence-electron chi connectivity index (χ0n) is 14.7. The lowest BCUT2D eigenvalue weighted by Gasteiger charge is -2.26. The maximum Gasteiger partial charge on any atom is 0.191 e. The van der Waals surface area contributed by atoms with E-state index < -0.39 is 0 Å². The molecule has 7 nitrogen and oxygen atoms in total. The zero-order chi connectivity index (χ0) is 17.3. The summed E-state index contributed by atoms with van der Waals surface area (Å²) >= 11 is 0. The normalized spacial score (nSPS) is 16.0. The van der Waals surface area contributed by atoms with Gasteiger partial charge in [-0.2, -0.15) is 5.10 Å². The molecule has 1 aliphatic heterocycles. The molecule has 1 fully saturated rings. The van der Waals surface area contributed by atoms with E-state index in [2.05, 4.69) is 49.9 Å². The van der Waals surface area contributed by atoms with E-state index in [4.69, 9.17) is 4.74 Å². The van der Waals surface area contributed by atoms with E-state index in [0.717, 1.165) is 57.6 Å². The maximum absolute atomic E-state index is 5.36. The van der Waals surface area contributed by atoms with E-state index in [0.29, 0.717) is 0 Å². The molecule has 3 rings (SSSR count). The number of benzene rings is 1. The van der Waals surface area contributed by atoms with Crippen LogP contribution in [-0.2, 0) is 11.3 Å². The van der Waals surface area contributed by atoms with Crippen LogP contribution in [0.1, 0.15) is 5.56 Å². The molecule has 1 aliphatic rings. The number of guanidine groups is 1. The molecule has 0 radical (unpaired) electrons. The molecule has 0 amide bonds. The van der Waals surface area contributed by atoms with Gasteiger partial charge in [-0.05, 0) is 23.8 Å². The number of morpholine rings is 1. The van der Waals surface area contributed by atoms with Crippen molar-refractivity contribution < 1.29 is 4.74 Å². The molecule has 1 aromatic carbocycles. The summed E-state index contributed by atoms with van der Waals surface area (Å²) in [7, 11) is 1.80. The molecule has 134 valence electrons. The number of hydrogen-bond acceptors (Lipinski definition) is 4. The lowest BCUT2D eigenvalue weighted by Crippen LogP contribution is -2.44. The van der Waals surface area contributed by atoms with E-state index in [1.54, 1.807) is 13.2 Å². The van der Waals surface area contributed by atoms with Crippen LogP contribution in [0.25, 0.3) is 5.69 Å². The van der Waals surface area contributed by atoms with Crippen LogP contribution in [0.5, 0.6) is 0 Å². The van der Waals surface area contributed by atoms with Crippen molar-refractivity contribution in [2.75, 3.05) is 46.4 Å². The van der Waals surface area contributed by atoms with Gasteiger partial charge in [0, 0.05) is 52.2 Å². The summed E-state index contributed by atoms with van der Waals surface area (Å²) in [6, 6.07) is 10.3. The van der Waals surface area contributed by atoms with Crippen molar-refractivity contribution in [2.45, 2.75) is 6.54 Å². The number of hydrogen-bond donors (Lipinski definition) is 2. The Balaban J connectivity index is 1.41. The van der Waals surface area contributed by atoms with Crippen LogP contribution < -0.4 is 10.6 Å². The third-order valence-electron chi connectivity index (χ3n) is 4.21. The topological polar surface area (TPSA) is 66.7 Å². The van der Waals surface area contributed by atoms with Gasteiger partial charge in [-0.3, -0.25) is 9.89 Å². The van der Waals surface area contributed by atoms with E-state index >= 15 is 0 Å². The Morgan fingerprint density at radius 1 is 1.20 bits per heavy atom. The first kappa shape index (κ1) is 17.4. The van der Waals surface area contributed by atoms with Gasteiger partial charge in [-0.25, -0.2) is 4.68 Å². The number of ether oxygens (including phenoxy) is 1. The minimum Gasteiger partial charge on any atom is -0.379 e. The summed E-state index contributed by atoms with van der Waals surface area (Å²) < 4.78 is 7.21. The number of aliphatic imine (C=N–C) groups is 1. The van der Waals surface area contributed by atoms with Gasteiger partial charge < -0.3 is 15.4 Å². The van der Waals surface area contributed by atoms with Crippen molar-refractivity contribution in [3.63, 3.8) is 0 Å². The molecule has 2 heterocycles. The molecule has 0 saturated carbocycles. The quantitative estimate of drug-likeness (QED) is 0.602. The molecule has 1 saturated heterocycles. The first-order valence-corrected chi connectivity index (χ1v) is 8.69. The summed E-state index contributed by atoms with van der Waals surface area (Å²) in [5.74, 6) is 0.824. The fourth-order valence-electron chi connectivity index (χ4n) is 2.75. The van der Waals surface area contributed by atoms with Gasteiger partial charge in [-0.15, -0.1) is 0 Å². The number of nitrogens with zero attached hydrogens (tertiary/aromatic N) is 4. The van der Waals surface area contributed by atoms with E-state index in [1.165, 1.54) is 5.56 Å². The van der Waals surface area contributed by atoms with E-state index in [-0.39, 0.29) is 0 Å². The Morgan fingerprint density at radius 2 is 2.00 bits per heavy atom. The summed E-state index contributed by atoms with van der Waals surface area (Å²) in [5.41, 5.74) is 2.26. The lowest BCUT2D eigenvalue weighted by molar-refractivity contribution is 0.0389. The van der Waals surface area contributed by atoms with Crippen molar-refractivity contribution in [1.82, 2.24) is 25.3 Å². The van der Waals surface area contributed by atoms with Gasteiger partial charge in [0.2, 0.25) is 0 Å². The summed E-state index contributed by atoms with van der Waals surface area (Å²) in [6.45, 7) is 6.30. The largest absolute Gasteiger partial charge is 0.379 e. The highest BCUT2D eigenvalue weighted by atomic mass is 16.5. The minimum absolute atomic E-state index is 0.733. The highest BCUT2D eigenvalue weighted by molar-refractivity contribution is 5.79. The Kier molecular flexibility index (Phi) is 6.42. The smallest absolute Gasteiger partial charge is 0.191 e. The predicted octanol–water partition coefficient (Wildman–Crippen LogP) is 0.870. The van der Waals surface area contributed by atoms with Gasteiger partial charge in [0.25, 0.3) is 0 Å². The van der Waals surface area contributed by atoms with Gasteiger partial charge in [0.15, 0.2) is 5.96 Å². The van der Waals surface area contributed by atoms with Crippen LogP contribution in [0.3, 0.4) is 0 Å². The van der Waals surface area contributed by atoms with Crippen molar-refractivity contribution in [3.05, 3.63) is 48.3 Å².